The Balaban J connectivity index is 0.00000220. The van der Waals surface area contributed by atoms with Crippen LogP contribution in [0, 0.1) is 0 Å². The van der Waals surface area contributed by atoms with Gasteiger partial charge >= 0.3 is 0 Å². The van der Waals surface area contributed by atoms with Gasteiger partial charge in [0.15, 0.2) is 5.96 Å². The van der Waals surface area contributed by atoms with E-state index in [0.29, 0.717) is 6.10 Å². The second-order valence-electron chi connectivity index (χ2n) is 5.93. The van der Waals surface area contributed by atoms with E-state index in [1.807, 2.05) is 7.05 Å². The largest absolute Gasteiger partial charge is 0.376 e. The molecule has 1 heterocycles. The van der Waals surface area contributed by atoms with Gasteiger partial charge in [0.1, 0.15) is 0 Å². The maximum absolute atomic E-state index is 5.60. The summed E-state index contributed by atoms with van der Waals surface area (Å²) >= 11 is 0. The lowest BCUT2D eigenvalue weighted by atomic mass is 10.2. The standard InChI is InChI=1S/C15H30N4O.HI/c1-16-15(18-12-14-8-5-11-20-14)17-9-10-19(2)13-6-3-4-7-13;/h13-14H,3-12H2,1-2H3,(H2,16,17,18);1H. The summed E-state index contributed by atoms with van der Waals surface area (Å²) in [6, 6.07) is 0.790. The lowest BCUT2D eigenvalue weighted by Gasteiger charge is -2.24. The predicted octanol–water partition coefficient (Wildman–Crippen LogP) is 1.82. The highest BCUT2D eigenvalue weighted by atomic mass is 127. The topological polar surface area (TPSA) is 48.9 Å². The zero-order chi connectivity index (χ0) is 14.2. The number of guanidine groups is 1. The Labute approximate surface area is 146 Å². The third-order valence-corrected chi connectivity index (χ3v) is 4.45. The molecule has 0 aromatic carbocycles. The first-order valence-corrected chi connectivity index (χ1v) is 8.06. The molecule has 0 aromatic rings. The van der Waals surface area contributed by atoms with Gasteiger partial charge in [-0.2, -0.15) is 0 Å². The number of hydrogen-bond acceptors (Lipinski definition) is 3. The highest BCUT2D eigenvalue weighted by molar-refractivity contribution is 14.0. The van der Waals surface area contributed by atoms with Crippen molar-refractivity contribution < 1.29 is 4.74 Å². The van der Waals surface area contributed by atoms with Gasteiger partial charge in [-0.3, -0.25) is 4.99 Å². The molecule has 2 aliphatic rings. The van der Waals surface area contributed by atoms with Crippen LogP contribution >= 0.6 is 24.0 Å². The van der Waals surface area contributed by atoms with Crippen LogP contribution in [0.4, 0.5) is 0 Å². The van der Waals surface area contributed by atoms with E-state index in [1.165, 1.54) is 32.1 Å². The minimum atomic E-state index is 0. The fraction of sp³-hybridized carbons (Fsp3) is 0.933. The zero-order valence-corrected chi connectivity index (χ0v) is 15.8. The Morgan fingerprint density at radius 2 is 1.95 bits per heavy atom. The van der Waals surface area contributed by atoms with Crippen molar-refractivity contribution in [3.05, 3.63) is 0 Å². The quantitative estimate of drug-likeness (QED) is 0.399. The fourth-order valence-electron chi connectivity index (χ4n) is 3.11. The van der Waals surface area contributed by atoms with E-state index in [0.717, 1.165) is 44.7 Å². The first-order chi connectivity index (χ1) is 9.79. The third kappa shape index (κ3) is 6.69. The van der Waals surface area contributed by atoms with E-state index in [2.05, 4.69) is 27.6 Å². The summed E-state index contributed by atoms with van der Waals surface area (Å²) in [5.74, 6) is 0.889. The minimum Gasteiger partial charge on any atom is -0.376 e. The molecule has 2 fully saturated rings. The number of halogens is 1. The average molecular weight is 410 g/mol. The van der Waals surface area contributed by atoms with Gasteiger partial charge in [-0.05, 0) is 32.7 Å². The smallest absolute Gasteiger partial charge is 0.191 e. The molecule has 1 aliphatic heterocycles. The van der Waals surface area contributed by atoms with Gasteiger partial charge in [-0.25, -0.2) is 0 Å². The molecule has 2 rings (SSSR count). The van der Waals surface area contributed by atoms with Crippen molar-refractivity contribution in [3.8, 4) is 0 Å². The third-order valence-electron chi connectivity index (χ3n) is 4.45. The summed E-state index contributed by atoms with van der Waals surface area (Å²) in [5.41, 5.74) is 0. The average Bonchev–Trinajstić information content (AvgIpc) is 3.14. The van der Waals surface area contributed by atoms with Gasteiger partial charge in [0.05, 0.1) is 6.10 Å². The Morgan fingerprint density at radius 3 is 2.57 bits per heavy atom. The highest BCUT2D eigenvalue weighted by Crippen LogP contribution is 2.21. The van der Waals surface area contributed by atoms with Crippen molar-refractivity contribution in [1.29, 1.82) is 0 Å². The molecule has 2 N–H and O–H groups in total. The van der Waals surface area contributed by atoms with Gasteiger partial charge < -0.3 is 20.3 Å². The van der Waals surface area contributed by atoms with Crippen molar-refractivity contribution in [1.82, 2.24) is 15.5 Å². The first kappa shape index (κ1) is 19.0. The SMILES string of the molecule is CN=C(NCCN(C)C1CCCC1)NCC1CCCO1.I. The number of nitrogens with one attached hydrogen (secondary N) is 2. The van der Waals surface area contributed by atoms with Crippen LogP contribution in [0.2, 0.25) is 0 Å². The molecule has 0 bridgehead atoms. The molecule has 1 saturated heterocycles. The van der Waals surface area contributed by atoms with E-state index in [4.69, 9.17) is 4.74 Å². The Kier molecular flexibility index (Phi) is 9.59. The molecule has 124 valence electrons. The molecule has 1 aliphatic carbocycles. The fourth-order valence-corrected chi connectivity index (χ4v) is 3.11. The van der Waals surface area contributed by atoms with E-state index in [9.17, 15) is 0 Å². The molecule has 5 nitrogen and oxygen atoms in total. The minimum absolute atomic E-state index is 0. The molecule has 0 spiro atoms. The molecular formula is C15H31IN4O. The summed E-state index contributed by atoms with van der Waals surface area (Å²) in [6.45, 7) is 3.78. The Hall–Kier alpha value is -0.0800. The molecule has 1 unspecified atom stereocenters. The van der Waals surface area contributed by atoms with E-state index in [1.54, 1.807) is 0 Å². The van der Waals surface area contributed by atoms with Crippen molar-refractivity contribution in [2.75, 3.05) is 40.3 Å². The van der Waals surface area contributed by atoms with Crippen LogP contribution in [0.25, 0.3) is 0 Å². The van der Waals surface area contributed by atoms with E-state index >= 15 is 0 Å². The lowest BCUT2D eigenvalue weighted by molar-refractivity contribution is 0.114. The van der Waals surface area contributed by atoms with Gasteiger partial charge in [0.2, 0.25) is 0 Å². The van der Waals surface area contributed by atoms with Crippen LogP contribution in [-0.4, -0.2) is 63.3 Å². The van der Waals surface area contributed by atoms with Crippen LogP contribution in [0.15, 0.2) is 4.99 Å². The first-order valence-electron chi connectivity index (χ1n) is 8.06. The lowest BCUT2D eigenvalue weighted by Crippen LogP contribution is -2.44. The number of aliphatic imine (C=N–C) groups is 1. The highest BCUT2D eigenvalue weighted by Gasteiger charge is 2.19. The molecule has 1 saturated carbocycles. The monoisotopic (exact) mass is 410 g/mol. The van der Waals surface area contributed by atoms with Crippen molar-refractivity contribution in [2.45, 2.75) is 50.7 Å². The molecule has 6 heteroatoms. The van der Waals surface area contributed by atoms with Crippen molar-refractivity contribution in [3.63, 3.8) is 0 Å². The van der Waals surface area contributed by atoms with Crippen molar-refractivity contribution in [2.24, 2.45) is 4.99 Å². The van der Waals surface area contributed by atoms with Crippen LogP contribution in [0.3, 0.4) is 0 Å². The number of ether oxygens (including phenoxy) is 1. The predicted molar refractivity (Wildman–Crippen MR) is 98.6 cm³/mol. The summed E-state index contributed by atoms with van der Waals surface area (Å²) < 4.78 is 5.60. The van der Waals surface area contributed by atoms with Gasteiger partial charge in [0.25, 0.3) is 0 Å². The summed E-state index contributed by atoms with van der Waals surface area (Å²) in [5, 5.41) is 6.74. The summed E-state index contributed by atoms with van der Waals surface area (Å²) in [4.78, 5) is 6.74. The number of hydrogen-bond donors (Lipinski definition) is 2. The van der Waals surface area contributed by atoms with Gasteiger partial charge in [-0.15, -0.1) is 24.0 Å². The summed E-state index contributed by atoms with van der Waals surface area (Å²) in [6.07, 6.45) is 8.22. The second-order valence-corrected chi connectivity index (χ2v) is 5.93. The molecule has 0 radical (unpaired) electrons. The molecular weight excluding hydrogens is 379 g/mol. The molecule has 0 amide bonds. The molecule has 0 aromatic heterocycles. The van der Waals surface area contributed by atoms with Crippen LogP contribution in [0.5, 0.6) is 0 Å². The van der Waals surface area contributed by atoms with E-state index in [-0.39, 0.29) is 24.0 Å². The van der Waals surface area contributed by atoms with E-state index < -0.39 is 0 Å². The maximum atomic E-state index is 5.60. The number of nitrogens with zero attached hydrogens (tertiary/aromatic N) is 2. The normalized spacial score (nSPS) is 23.4. The van der Waals surface area contributed by atoms with Crippen molar-refractivity contribution >= 4 is 29.9 Å². The van der Waals surface area contributed by atoms with Gasteiger partial charge in [0, 0.05) is 39.3 Å². The maximum Gasteiger partial charge on any atom is 0.191 e. The van der Waals surface area contributed by atoms with Gasteiger partial charge in [-0.1, -0.05) is 12.8 Å². The number of rotatable bonds is 6. The number of likely N-dealkylation sites (N-methyl/N-ethyl adjacent to an activating group) is 1. The summed E-state index contributed by atoms with van der Waals surface area (Å²) in [7, 11) is 4.06. The van der Waals surface area contributed by atoms with Crippen LogP contribution in [-0.2, 0) is 4.74 Å². The Morgan fingerprint density at radius 1 is 1.19 bits per heavy atom. The Bertz CT molecular complexity index is 302. The molecule has 21 heavy (non-hydrogen) atoms. The van der Waals surface area contributed by atoms with Crippen LogP contribution in [0.1, 0.15) is 38.5 Å². The molecule has 1 atom stereocenters. The van der Waals surface area contributed by atoms with Crippen LogP contribution < -0.4 is 10.6 Å². The second kappa shape index (κ2) is 10.6. The zero-order valence-electron chi connectivity index (χ0n) is 13.4.